The van der Waals surface area contributed by atoms with Crippen molar-refractivity contribution >= 4 is 17.1 Å². The summed E-state index contributed by atoms with van der Waals surface area (Å²) in [6.07, 6.45) is 1.78. The van der Waals surface area contributed by atoms with Crippen LogP contribution in [0.25, 0.3) is 17.1 Å². The van der Waals surface area contributed by atoms with Crippen LogP contribution in [-0.4, -0.2) is 14.5 Å². The molecule has 4 nitrogen and oxygen atoms in total. The number of furan rings is 1. The predicted molar refractivity (Wildman–Crippen MR) is 64.3 cm³/mol. The van der Waals surface area contributed by atoms with Crippen molar-refractivity contribution < 1.29 is 9.52 Å². The van der Waals surface area contributed by atoms with Gasteiger partial charge in [-0.25, -0.2) is 4.98 Å². The molecule has 3 aromatic rings. The van der Waals surface area contributed by atoms with E-state index in [1.807, 2.05) is 19.1 Å². The quantitative estimate of drug-likeness (QED) is 0.719. The summed E-state index contributed by atoms with van der Waals surface area (Å²) in [7, 11) is 0. The van der Waals surface area contributed by atoms with Crippen LogP contribution in [0.3, 0.4) is 0 Å². The van der Waals surface area contributed by atoms with Gasteiger partial charge in [-0.2, -0.15) is 0 Å². The van der Waals surface area contributed by atoms with Crippen LogP contribution >= 0.6 is 11.6 Å². The summed E-state index contributed by atoms with van der Waals surface area (Å²) >= 11 is 6.01. The summed E-state index contributed by atoms with van der Waals surface area (Å²) in [6, 6.07) is 6.97. The molecule has 5 heteroatoms. The third-order valence-corrected chi connectivity index (χ3v) is 2.82. The molecule has 0 saturated heterocycles. The van der Waals surface area contributed by atoms with E-state index in [4.69, 9.17) is 16.0 Å². The molecule has 0 amide bonds. The zero-order valence-electron chi connectivity index (χ0n) is 9.01. The molecular weight excluding hydrogens is 240 g/mol. The van der Waals surface area contributed by atoms with E-state index in [9.17, 15) is 5.11 Å². The highest BCUT2D eigenvalue weighted by Crippen LogP contribution is 2.31. The van der Waals surface area contributed by atoms with Crippen molar-refractivity contribution in [2.45, 2.75) is 6.92 Å². The van der Waals surface area contributed by atoms with Gasteiger partial charge in [0.15, 0.2) is 16.7 Å². The van der Waals surface area contributed by atoms with Gasteiger partial charge in [0.2, 0.25) is 0 Å². The summed E-state index contributed by atoms with van der Waals surface area (Å²) in [4.78, 5) is 4.21. The van der Waals surface area contributed by atoms with Crippen LogP contribution in [0, 0.1) is 6.92 Å². The fourth-order valence-electron chi connectivity index (χ4n) is 1.81. The van der Waals surface area contributed by atoms with Crippen molar-refractivity contribution in [3.8, 4) is 17.3 Å². The number of imidazole rings is 1. The molecule has 0 unspecified atom stereocenters. The highest BCUT2D eigenvalue weighted by molar-refractivity contribution is 6.33. The number of aromatic nitrogens is 2. The zero-order valence-corrected chi connectivity index (χ0v) is 9.77. The Kier molecular flexibility index (Phi) is 2.12. The maximum Gasteiger partial charge on any atom is 0.182 e. The molecule has 3 heterocycles. The van der Waals surface area contributed by atoms with Crippen molar-refractivity contribution in [2.24, 2.45) is 0 Å². The van der Waals surface area contributed by atoms with Gasteiger partial charge in [-0.15, -0.1) is 0 Å². The average molecular weight is 249 g/mol. The molecule has 0 atom stereocenters. The molecule has 1 N–H and O–H groups in total. The topological polar surface area (TPSA) is 50.7 Å². The molecule has 0 spiro atoms. The van der Waals surface area contributed by atoms with Crippen molar-refractivity contribution in [2.75, 3.05) is 0 Å². The number of aryl methyl sites for hydroxylation is 1. The van der Waals surface area contributed by atoms with Crippen LogP contribution in [0.15, 0.2) is 34.9 Å². The second-order valence-electron chi connectivity index (χ2n) is 3.75. The van der Waals surface area contributed by atoms with Crippen LogP contribution < -0.4 is 0 Å². The van der Waals surface area contributed by atoms with Gasteiger partial charge in [0, 0.05) is 6.20 Å². The van der Waals surface area contributed by atoms with Crippen LogP contribution in [0.4, 0.5) is 0 Å². The van der Waals surface area contributed by atoms with Crippen molar-refractivity contribution in [1.29, 1.82) is 0 Å². The number of fused-ring (bicyclic) bond motifs is 1. The van der Waals surface area contributed by atoms with E-state index in [0.29, 0.717) is 17.1 Å². The standard InChI is InChI=1S/C12H9ClN2O2/c1-7-4-5-9(17-7)12-14-11(13)10-8(16)3-2-6-15(10)12/h2-6,16H,1H3. The average Bonchev–Trinajstić information content (AvgIpc) is 2.84. The Morgan fingerprint density at radius 1 is 1.35 bits per heavy atom. The van der Waals surface area contributed by atoms with Crippen molar-refractivity contribution in [1.82, 2.24) is 9.38 Å². The molecule has 3 aromatic heterocycles. The van der Waals surface area contributed by atoms with Gasteiger partial charge in [0.25, 0.3) is 0 Å². The van der Waals surface area contributed by atoms with Crippen LogP contribution in [0.5, 0.6) is 5.75 Å². The van der Waals surface area contributed by atoms with E-state index in [0.717, 1.165) is 5.76 Å². The highest BCUT2D eigenvalue weighted by atomic mass is 35.5. The first-order valence-corrected chi connectivity index (χ1v) is 5.47. The molecular formula is C12H9ClN2O2. The number of pyridine rings is 1. The van der Waals surface area contributed by atoms with Crippen molar-refractivity contribution in [3.05, 3.63) is 41.4 Å². The van der Waals surface area contributed by atoms with Crippen LogP contribution in [-0.2, 0) is 0 Å². The Balaban J connectivity index is 2.35. The minimum atomic E-state index is 0.0968. The molecule has 0 aliphatic heterocycles. The second kappa shape index (κ2) is 3.53. The lowest BCUT2D eigenvalue weighted by Crippen LogP contribution is -1.87. The van der Waals surface area contributed by atoms with Gasteiger partial charge in [-0.05, 0) is 31.2 Å². The van der Waals surface area contributed by atoms with Gasteiger partial charge in [0.05, 0.1) is 0 Å². The molecule has 86 valence electrons. The Morgan fingerprint density at radius 2 is 2.18 bits per heavy atom. The maximum atomic E-state index is 9.74. The van der Waals surface area contributed by atoms with E-state index in [2.05, 4.69) is 4.98 Å². The molecule has 0 aromatic carbocycles. The lowest BCUT2D eigenvalue weighted by atomic mass is 10.4. The Hall–Kier alpha value is -1.94. The lowest BCUT2D eigenvalue weighted by Gasteiger charge is -1.99. The molecule has 0 radical (unpaired) electrons. The normalized spacial score (nSPS) is 11.2. The second-order valence-corrected chi connectivity index (χ2v) is 4.11. The first-order valence-electron chi connectivity index (χ1n) is 5.09. The van der Waals surface area contributed by atoms with Gasteiger partial charge < -0.3 is 9.52 Å². The monoisotopic (exact) mass is 248 g/mol. The Labute approximate surface area is 102 Å². The smallest absolute Gasteiger partial charge is 0.182 e. The van der Waals surface area contributed by atoms with E-state index in [1.54, 1.807) is 22.7 Å². The molecule has 0 aliphatic rings. The molecule has 0 bridgehead atoms. The number of nitrogens with zero attached hydrogens (tertiary/aromatic N) is 2. The lowest BCUT2D eigenvalue weighted by molar-refractivity contribution is 0.479. The number of hydrogen-bond donors (Lipinski definition) is 1. The minimum Gasteiger partial charge on any atom is -0.506 e. The first-order chi connectivity index (χ1) is 8.16. The third kappa shape index (κ3) is 1.49. The van der Waals surface area contributed by atoms with E-state index >= 15 is 0 Å². The van der Waals surface area contributed by atoms with E-state index in [-0.39, 0.29) is 10.9 Å². The molecule has 0 aliphatic carbocycles. The fourth-order valence-corrected chi connectivity index (χ4v) is 2.07. The summed E-state index contributed by atoms with van der Waals surface area (Å²) in [5.74, 6) is 2.09. The van der Waals surface area contributed by atoms with Gasteiger partial charge >= 0.3 is 0 Å². The Morgan fingerprint density at radius 3 is 2.88 bits per heavy atom. The molecule has 3 rings (SSSR count). The maximum absolute atomic E-state index is 9.74. The molecule has 0 saturated carbocycles. The summed E-state index contributed by atoms with van der Waals surface area (Å²) < 4.78 is 7.21. The number of hydrogen-bond acceptors (Lipinski definition) is 3. The fraction of sp³-hybridized carbons (Fsp3) is 0.0833. The summed E-state index contributed by atoms with van der Waals surface area (Å²) in [6.45, 7) is 1.86. The number of rotatable bonds is 1. The largest absolute Gasteiger partial charge is 0.506 e. The van der Waals surface area contributed by atoms with Gasteiger partial charge in [-0.1, -0.05) is 11.6 Å². The van der Waals surface area contributed by atoms with Gasteiger partial charge in [-0.3, -0.25) is 4.40 Å². The molecule has 17 heavy (non-hydrogen) atoms. The molecule has 0 fully saturated rings. The first kappa shape index (κ1) is 10.2. The van der Waals surface area contributed by atoms with Crippen molar-refractivity contribution in [3.63, 3.8) is 0 Å². The predicted octanol–water partition coefficient (Wildman–Crippen LogP) is 3.26. The SMILES string of the molecule is Cc1ccc(-c2nc(Cl)c3c(O)cccn23)o1. The zero-order chi connectivity index (χ0) is 12.0. The summed E-state index contributed by atoms with van der Waals surface area (Å²) in [5.41, 5.74) is 0.484. The third-order valence-electron chi connectivity index (χ3n) is 2.56. The highest BCUT2D eigenvalue weighted by Gasteiger charge is 2.16. The Bertz CT molecular complexity index is 700. The van der Waals surface area contributed by atoms with Crippen LogP contribution in [0.1, 0.15) is 5.76 Å². The number of halogens is 1. The summed E-state index contributed by atoms with van der Waals surface area (Å²) in [5, 5.41) is 10.00. The van der Waals surface area contributed by atoms with Gasteiger partial charge in [0.1, 0.15) is 17.0 Å². The minimum absolute atomic E-state index is 0.0968. The van der Waals surface area contributed by atoms with E-state index < -0.39 is 0 Å². The van der Waals surface area contributed by atoms with E-state index in [1.165, 1.54) is 0 Å². The van der Waals surface area contributed by atoms with Crippen LogP contribution in [0.2, 0.25) is 5.15 Å². The number of aromatic hydroxyl groups is 1.